The summed E-state index contributed by atoms with van der Waals surface area (Å²) in [5.74, 6) is 6.69. The van der Waals surface area contributed by atoms with E-state index in [1.807, 2.05) is 0 Å². The van der Waals surface area contributed by atoms with Crippen molar-refractivity contribution in [1.82, 2.24) is 0 Å². The van der Waals surface area contributed by atoms with Gasteiger partial charge >= 0.3 is 0 Å². The quantitative estimate of drug-likeness (QED) is 0.510. The van der Waals surface area contributed by atoms with E-state index in [0.717, 1.165) is 12.8 Å². The van der Waals surface area contributed by atoms with Crippen molar-refractivity contribution in [2.75, 3.05) is 0 Å². The molecule has 1 unspecified atom stereocenters. The molecule has 17 heavy (non-hydrogen) atoms. The summed E-state index contributed by atoms with van der Waals surface area (Å²) in [6.45, 7) is 13.7. The van der Waals surface area contributed by atoms with E-state index in [9.17, 15) is 0 Å². The second-order valence-electron chi connectivity index (χ2n) is 6.96. The van der Waals surface area contributed by atoms with Crippen molar-refractivity contribution >= 4 is 8.32 Å². The van der Waals surface area contributed by atoms with Crippen LogP contribution >= 0.6 is 0 Å². The normalized spacial score (nSPS) is 26.7. The number of hydrogen-bond acceptors (Lipinski definition) is 1. The first kappa shape index (κ1) is 14.8. The summed E-state index contributed by atoms with van der Waals surface area (Å²) in [4.78, 5) is 0. The van der Waals surface area contributed by atoms with Gasteiger partial charge in [-0.1, -0.05) is 33.1 Å². The third-order valence-corrected chi connectivity index (χ3v) is 8.67. The van der Waals surface area contributed by atoms with E-state index in [1.165, 1.54) is 19.3 Å². The minimum absolute atomic E-state index is 0.205. The van der Waals surface area contributed by atoms with E-state index in [-0.39, 0.29) is 10.6 Å². The van der Waals surface area contributed by atoms with Crippen LogP contribution in [0.4, 0.5) is 0 Å². The van der Waals surface area contributed by atoms with Gasteiger partial charge < -0.3 is 4.43 Å². The largest absolute Gasteiger partial charge is 0.401 e. The second kappa shape index (κ2) is 5.16. The average molecular weight is 252 g/mol. The molecule has 0 heterocycles. The topological polar surface area (TPSA) is 9.23 Å². The highest BCUT2D eigenvalue weighted by molar-refractivity contribution is 6.74. The predicted octanol–water partition coefficient (Wildman–Crippen LogP) is 4.73. The van der Waals surface area contributed by atoms with Crippen molar-refractivity contribution in [1.29, 1.82) is 0 Å². The Kier molecular flexibility index (Phi) is 4.49. The first-order valence-electron chi connectivity index (χ1n) is 6.87. The van der Waals surface area contributed by atoms with Crippen molar-refractivity contribution in [3.63, 3.8) is 0 Å². The zero-order valence-corrected chi connectivity index (χ0v) is 13.4. The van der Waals surface area contributed by atoms with Crippen LogP contribution in [-0.2, 0) is 4.43 Å². The fourth-order valence-corrected chi connectivity index (χ4v) is 3.54. The molecule has 1 nitrogen and oxygen atoms in total. The lowest BCUT2D eigenvalue weighted by Gasteiger charge is -2.42. The predicted molar refractivity (Wildman–Crippen MR) is 77.5 cm³/mol. The third kappa shape index (κ3) is 4.15. The molecule has 0 saturated carbocycles. The minimum Gasteiger partial charge on any atom is -0.401 e. The van der Waals surface area contributed by atoms with Gasteiger partial charge in [0.25, 0.3) is 0 Å². The molecule has 2 heteroatoms. The fraction of sp³-hybridized carbons (Fsp3) is 0.867. The molecule has 0 N–H and O–H groups in total. The summed E-state index contributed by atoms with van der Waals surface area (Å²) in [6, 6.07) is 0. The van der Waals surface area contributed by atoms with Crippen LogP contribution in [0.2, 0.25) is 18.1 Å². The van der Waals surface area contributed by atoms with Gasteiger partial charge in [0.1, 0.15) is 5.60 Å². The van der Waals surface area contributed by atoms with Crippen LogP contribution < -0.4 is 0 Å². The summed E-state index contributed by atoms with van der Waals surface area (Å²) in [6.07, 6.45) is 5.93. The Morgan fingerprint density at radius 3 is 2.35 bits per heavy atom. The lowest BCUT2D eigenvalue weighted by molar-refractivity contribution is 0.117. The molecule has 0 aromatic heterocycles. The molecule has 1 rings (SSSR count). The Balaban J connectivity index is 2.83. The van der Waals surface area contributed by atoms with E-state index in [2.05, 4.69) is 52.6 Å². The van der Waals surface area contributed by atoms with E-state index < -0.39 is 8.32 Å². The highest BCUT2D eigenvalue weighted by Crippen LogP contribution is 2.40. The molecule has 0 aromatic rings. The van der Waals surface area contributed by atoms with E-state index >= 15 is 0 Å². The fourth-order valence-electron chi connectivity index (χ4n) is 1.96. The molecule has 1 atom stereocenters. The average Bonchev–Trinajstić information content (AvgIpc) is 2.10. The molecule has 0 spiro atoms. The van der Waals surface area contributed by atoms with Gasteiger partial charge in [0, 0.05) is 6.42 Å². The lowest BCUT2D eigenvalue weighted by atomic mass is 9.96. The molecule has 0 saturated heterocycles. The molecule has 0 aliphatic heterocycles. The highest BCUT2D eigenvalue weighted by Gasteiger charge is 2.42. The van der Waals surface area contributed by atoms with Gasteiger partial charge in [-0.25, -0.2) is 0 Å². The van der Waals surface area contributed by atoms with Crippen molar-refractivity contribution < 1.29 is 4.43 Å². The summed E-state index contributed by atoms with van der Waals surface area (Å²) in [5.41, 5.74) is -0.205. The van der Waals surface area contributed by atoms with Crippen molar-refractivity contribution in [3.8, 4) is 11.8 Å². The number of hydrogen-bond donors (Lipinski definition) is 0. The van der Waals surface area contributed by atoms with Crippen LogP contribution in [0.3, 0.4) is 0 Å². The Labute approximate surface area is 108 Å². The Hall–Kier alpha value is -0.263. The summed E-state index contributed by atoms with van der Waals surface area (Å²) in [5, 5.41) is 0.264. The van der Waals surface area contributed by atoms with Crippen LogP contribution in [0.25, 0.3) is 0 Å². The van der Waals surface area contributed by atoms with E-state index in [1.54, 1.807) is 0 Å². The van der Waals surface area contributed by atoms with Gasteiger partial charge in [-0.3, -0.25) is 0 Å². The van der Waals surface area contributed by atoms with Gasteiger partial charge in [-0.2, -0.15) is 0 Å². The maximum Gasteiger partial charge on any atom is 0.194 e. The monoisotopic (exact) mass is 252 g/mol. The molecule has 0 bridgehead atoms. The van der Waals surface area contributed by atoms with E-state index in [4.69, 9.17) is 4.43 Å². The zero-order chi connectivity index (χ0) is 13.2. The SMILES string of the molecule is CC1(O[Si](C)(C)C(C)(C)C)C#CCCCCC1. The molecule has 0 fully saturated rings. The molecular formula is C15H28OSi. The first-order valence-corrected chi connectivity index (χ1v) is 9.77. The Bertz CT molecular complexity index is 316. The zero-order valence-electron chi connectivity index (χ0n) is 12.4. The van der Waals surface area contributed by atoms with Gasteiger partial charge in [0.2, 0.25) is 0 Å². The van der Waals surface area contributed by atoms with Crippen LogP contribution in [0.1, 0.15) is 59.8 Å². The molecule has 98 valence electrons. The van der Waals surface area contributed by atoms with Crippen LogP contribution in [0.5, 0.6) is 0 Å². The van der Waals surface area contributed by atoms with Crippen LogP contribution in [0.15, 0.2) is 0 Å². The third-order valence-electron chi connectivity index (χ3n) is 4.10. The van der Waals surface area contributed by atoms with Gasteiger partial charge in [-0.05, 0) is 44.3 Å². The highest BCUT2D eigenvalue weighted by atomic mass is 28.4. The number of rotatable bonds is 2. The Morgan fingerprint density at radius 1 is 1.12 bits per heavy atom. The molecule has 1 aliphatic rings. The summed E-state index contributed by atoms with van der Waals surface area (Å²) in [7, 11) is -1.71. The first-order chi connectivity index (χ1) is 7.66. The van der Waals surface area contributed by atoms with Crippen molar-refractivity contribution in [2.24, 2.45) is 0 Å². The van der Waals surface area contributed by atoms with Gasteiger partial charge in [-0.15, -0.1) is 5.92 Å². The maximum atomic E-state index is 6.53. The standard InChI is InChI=1S/C15H28OSi/c1-14(2,3)17(5,6)16-15(4)12-10-8-7-9-11-13-15/h7-10,12H2,1-6H3. The lowest BCUT2D eigenvalue weighted by Crippen LogP contribution is -2.48. The molecule has 0 amide bonds. The van der Waals surface area contributed by atoms with Crippen LogP contribution in [0, 0.1) is 11.8 Å². The van der Waals surface area contributed by atoms with E-state index in [0.29, 0.717) is 0 Å². The second-order valence-corrected chi connectivity index (χ2v) is 11.7. The van der Waals surface area contributed by atoms with Crippen LogP contribution in [-0.4, -0.2) is 13.9 Å². The maximum absolute atomic E-state index is 6.53. The Morgan fingerprint density at radius 2 is 1.76 bits per heavy atom. The summed E-state index contributed by atoms with van der Waals surface area (Å²) >= 11 is 0. The smallest absolute Gasteiger partial charge is 0.194 e. The minimum atomic E-state index is -1.71. The molecule has 0 aromatic carbocycles. The van der Waals surface area contributed by atoms with Gasteiger partial charge in [0.05, 0.1) is 0 Å². The molecule has 0 radical (unpaired) electrons. The van der Waals surface area contributed by atoms with Crippen molar-refractivity contribution in [2.45, 2.75) is 83.5 Å². The van der Waals surface area contributed by atoms with Crippen molar-refractivity contribution in [3.05, 3.63) is 0 Å². The summed E-state index contributed by atoms with van der Waals surface area (Å²) < 4.78 is 6.53. The molecule has 1 aliphatic carbocycles. The van der Waals surface area contributed by atoms with Gasteiger partial charge in [0.15, 0.2) is 8.32 Å². The molecular weight excluding hydrogens is 224 g/mol.